The Morgan fingerprint density at radius 3 is 2.77 bits per heavy atom. The summed E-state index contributed by atoms with van der Waals surface area (Å²) in [7, 11) is 1.85. The molecule has 0 unspecified atom stereocenters. The van der Waals surface area contributed by atoms with Crippen LogP contribution in [0.5, 0.6) is 0 Å². The molecule has 22 heavy (non-hydrogen) atoms. The predicted octanol–water partition coefficient (Wildman–Crippen LogP) is 1.02. The second kappa shape index (κ2) is 5.75. The molecule has 1 aromatic rings. The van der Waals surface area contributed by atoms with Gasteiger partial charge in [0.2, 0.25) is 5.91 Å². The maximum Gasteiger partial charge on any atom is 0.248 e. The van der Waals surface area contributed by atoms with Crippen molar-refractivity contribution in [2.24, 2.45) is 0 Å². The third kappa shape index (κ3) is 2.87. The Labute approximate surface area is 130 Å². The van der Waals surface area contributed by atoms with Crippen molar-refractivity contribution in [2.45, 2.75) is 31.9 Å². The summed E-state index contributed by atoms with van der Waals surface area (Å²) in [6.07, 6.45) is 1.88. The summed E-state index contributed by atoms with van der Waals surface area (Å²) >= 11 is 0. The van der Waals surface area contributed by atoms with Crippen LogP contribution in [0.3, 0.4) is 0 Å². The Morgan fingerprint density at radius 1 is 1.45 bits per heavy atom. The molecule has 2 fully saturated rings. The highest BCUT2D eigenvalue weighted by molar-refractivity contribution is 5.78. The summed E-state index contributed by atoms with van der Waals surface area (Å²) in [5, 5.41) is 9.02. The molecule has 3 rings (SSSR count). The molecule has 1 amide bonds. The lowest BCUT2D eigenvalue weighted by Crippen LogP contribution is -2.57. The maximum absolute atomic E-state index is 11.5. The van der Waals surface area contributed by atoms with Gasteiger partial charge in [0.05, 0.1) is 11.2 Å². The minimum atomic E-state index is -0.164. The van der Waals surface area contributed by atoms with Gasteiger partial charge in [-0.15, -0.1) is 0 Å². The van der Waals surface area contributed by atoms with Gasteiger partial charge in [0.25, 0.3) is 0 Å². The molecule has 3 heterocycles. The molecule has 0 radical (unpaired) electrons. The fraction of sp³-hybridized carbons (Fsp3) is 0.625. The van der Waals surface area contributed by atoms with Gasteiger partial charge in [-0.05, 0) is 25.8 Å². The quantitative estimate of drug-likeness (QED) is 0.885. The summed E-state index contributed by atoms with van der Waals surface area (Å²) in [5.74, 6) is 0.0685. The number of nitrogens with zero attached hydrogens (tertiary/aromatic N) is 3. The standard InChI is InChI=1S/C16H22N4O2/c1-12-13(8-17)7-14(18-12)9-20-5-3-16(4-6-20)11-19(2)15(21)10-22-16/h7,18H,3-6,9-11H2,1-2H3. The van der Waals surface area contributed by atoms with Gasteiger partial charge >= 0.3 is 0 Å². The summed E-state index contributed by atoms with van der Waals surface area (Å²) in [6.45, 7) is 5.55. The normalized spacial score (nSPS) is 22.0. The van der Waals surface area contributed by atoms with Crippen molar-refractivity contribution in [3.63, 3.8) is 0 Å². The van der Waals surface area contributed by atoms with Crippen LogP contribution < -0.4 is 0 Å². The van der Waals surface area contributed by atoms with Crippen molar-refractivity contribution in [3.8, 4) is 6.07 Å². The van der Waals surface area contributed by atoms with Crippen LogP contribution in [0, 0.1) is 18.3 Å². The number of amides is 1. The number of ether oxygens (including phenoxy) is 1. The van der Waals surface area contributed by atoms with E-state index in [-0.39, 0.29) is 18.1 Å². The van der Waals surface area contributed by atoms with E-state index < -0.39 is 0 Å². The topological polar surface area (TPSA) is 72.4 Å². The van der Waals surface area contributed by atoms with Crippen LogP contribution >= 0.6 is 0 Å². The van der Waals surface area contributed by atoms with Gasteiger partial charge in [0, 0.05) is 44.6 Å². The van der Waals surface area contributed by atoms with Crippen molar-refractivity contribution < 1.29 is 9.53 Å². The zero-order valence-electron chi connectivity index (χ0n) is 13.2. The molecule has 1 spiro atoms. The van der Waals surface area contributed by atoms with E-state index in [0.717, 1.165) is 49.4 Å². The zero-order chi connectivity index (χ0) is 15.7. The van der Waals surface area contributed by atoms with Gasteiger partial charge in [-0.1, -0.05) is 0 Å². The van der Waals surface area contributed by atoms with Gasteiger partial charge < -0.3 is 14.6 Å². The molecule has 2 aliphatic rings. The number of likely N-dealkylation sites (tertiary alicyclic amines) is 1. The maximum atomic E-state index is 11.5. The highest BCUT2D eigenvalue weighted by Gasteiger charge is 2.41. The van der Waals surface area contributed by atoms with Crippen LogP contribution in [0.2, 0.25) is 0 Å². The number of rotatable bonds is 2. The Kier molecular flexibility index (Phi) is 3.94. The monoisotopic (exact) mass is 302 g/mol. The van der Waals surface area contributed by atoms with Gasteiger partial charge in [-0.3, -0.25) is 9.69 Å². The molecule has 118 valence electrons. The van der Waals surface area contributed by atoms with E-state index >= 15 is 0 Å². The smallest absolute Gasteiger partial charge is 0.248 e. The largest absolute Gasteiger partial charge is 0.363 e. The first-order valence-corrected chi connectivity index (χ1v) is 7.70. The third-order valence-electron chi connectivity index (χ3n) is 4.81. The SMILES string of the molecule is Cc1[nH]c(CN2CCC3(CC2)CN(C)C(=O)CO3)cc1C#N. The van der Waals surface area contributed by atoms with E-state index in [1.165, 1.54) is 0 Å². The van der Waals surface area contributed by atoms with Gasteiger partial charge in [0.1, 0.15) is 12.7 Å². The molecule has 0 aromatic carbocycles. The van der Waals surface area contributed by atoms with Crippen molar-refractivity contribution in [1.82, 2.24) is 14.8 Å². The number of nitrogens with one attached hydrogen (secondary N) is 1. The first-order valence-electron chi connectivity index (χ1n) is 7.70. The first-order chi connectivity index (χ1) is 10.5. The summed E-state index contributed by atoms with van der Waals surface area (Å²) in [4.78, 5) is 19.0. The van der Waals surface area contributed by atoms with Crippen LogP contribution in [0.25, 0.3) is 0 Å². The molecule has 6 heteroatoms. The molecule has 1 aromatic heterocycles. The van der Waals surface area contributed by atoms with Crippen LogP contribution in [-0.4, -0.2) is 59.6 Å². The number of hydrogen-bond acceptors (Lipinski definition) is 4. The van der Waals surface area contributed by atoms with Crippen molar-refractivity contribution in [3.05, 3.63) is 23.0 Å². The van der Waals surface area contributed by atoms with E-state index in [1.807, 2.05) is 20.0 Å². The first kappa shape index (κ1) is 15.1. The fourth-order valence-corrected chi connectivity index (χ4v) is 3.38. The lowest BCUT2D eigenvalue weighted by atomic mass is 9.89. The lowest BCUT2D eigenvalue weighted by Gasteiger charge is -2.46. The van der Waals surface area contributed by atoms with E-state index in [1.54, 1.807) is 4.90 Å². The molecule has 6 nitrogen and oxygen atoms in total. The predicted molar refractivity (Wildman–Crippen MR) is 81.1 cm³/mol. The molecule has 0 saturated carbocycles. The fourth-order valence-electron chi connectivity index (χ4n) is 3.38. The minimum Gasteiger partial charge on any atom is -0.363 e. The van der Waals surface area contributed by atoms with Crippen LogP contribution in [0.4, 0.5) is 0 Å². The molecule has 1 N–H and O–H groups in total. The Hall–Kier alpha value is -1.84. The highest BCUT2D eigenvalue weighted by atomic mass is 16.5. The average Bonchev–Trinajstić information content (AvgIpc) is 2.86. The van der Waals surface area contributed by atoms with Crippen LogP contribution in [0.15, 0.2) is 6.07 Å². The second-order valence-corrected chi connectivity index (χ2v) is 6.44. The molecule has 0 aliphatic carbocycles. The number of hydrogen-bond donors (Lipinski definition) is 1. The van der Waals surface area contributed by atoms with Crippen molar-refractivity contribution in [2.75, 3.05) is 33.3 Å². The number of aryl methyl sites for hydroxylation is 1. The number of carbonyl (C=O) groups excluding carboxylic acids is 1. The van der Waals surface area contributed by atoms with Gasteiger partial charge in [-0.25, -0.2) is 0 Å². The molecule has 0 bridgehead atoms. The zero-order valence-corrected chi connectivity index (χ0v) is 13.2. The number of aromatic amines is 1. The number of aromatic nitrogens is 1. The Bertz CT molecular complexity index is 608. The van der Waals surface area contributed by atoms with E-state index in [0.29, 0.717) is 6.54 Å². The molecule has 2 saturated heterocycles. The van der Waals surface area contributed by atoms with Gasteiger partial charge in [-0.2, -0.15) is 5.26 Å². The van der Waals surface area contributed by atoms with Crippen molar-refractivity contribution in [1.29, 1.82) is 5.26 Å². The van der Waals surface area contributed by atoms with Crippen LogP contribution in [0.1, 0.15) is 29.8 Å². The molecular weight excluding hydrogens is 280 g/mol. The van der Waals surface area contributed by atoms with Crippen molar-refractivity contribution >= 4 is 5.91 Å². The number of H-pyrrole nitrogens is 1. The second-order valence-electron chi connectivity index (χ2n) is 6.44. The molecular formula is C16H22N4O2. The summed E-state index contributed by atoms with van der Waals surface area (Å²) in [5.41, 5.74) is 2.57. The number of carbonyl (C=O) groups is 1. The Morgan fingerprint density at radius 2 is 2.18 bits per heavy atom. The molecule has 2 aliphatic heterocycles. The Balaban J connectivity index is 1.58. The number of piperidine rings is 1. The molecule has 0 atom stereocenters. The number of morpholine rings is 1. The van der Waals surface area contributed by atoms with Gasteiger partial charge in [0.15, 0.2) is 0 Å². The average molecular weight is 302 g/mol. The summed E-state index contributed by atoms with van der Waals surface area (Å²) < 4.78 is 5.86. The summed E-state index contributed by atoms with van der Waals surface area (Å²) in [6, 6.07) is 4.14. The number of likely N-dealkylation sites (N-methyl/N-ethyl adjacent to an activating group) is 1. The third-order valence-corrected chi connectivity index (χ3v) is 4.81. The lowest BCUT2D eigenvalue weighted by molar-refractivity contribution is -0.169. The van der Waals surface area contributed by atoms with E-state index in [2.05, 4.69) is 16.0 Å². The van der Waals surface area contributed by atoms with Crippen LogP contribution in [-0.2, 0) is 16.1 Å². The highest BCUT2D eigenvalue weighted by Crippen LogP contribution is 2.30. The van der Waals surface area contributed by atoms with E-state index in [4.69, 9.17) is 10.00 Å². The minimum absolute atomic E-state index is 0.0685. The number of nitriles is 1. The van der Waals surface area contributed by atoms with E-state index in [9.17, 15) is 4.79 Å².